The van der Waals surface area contributed by atoms with Crippen molar-refractivity contribution in [2.45, 2.75) is 13.3 Å². The molecule has 4 nitrogen and oxygen atoms in total. The monoisotopic (exact) mass is 222 g/mol. The molecule has 0 heterocycles. The van der Waals surface area contributed by atoms with Crippen LogP contribution < -0.4 is 11.1 Å². The molecule has 88 valence electrons. The van der Waals surface area contributed by atoms with Crippen LogP contribution in [0.4, 0.5) is 5.69 Å². The minimum atomic E-state index is -0.405. The molecule has 16 heavy (non-hydrogen) atoms. The number of nitrogens with one attached hydrogen (secondary N) is 1. The van der Waals surface area contributed by atoms with Gasteiger partial charge in [0, 0.05) is 31.0 Å². The maximum Gasteiger partial charge on any atom is 0.248 e. The number of benzene rings is 1. The molecule has 0 saturated heterocycles. The number of rotatable bonds is 7. The number of hydrogen-bond donors (Lipinski definition) is 2. The molecule has 0 unspecified atom stereocenters. The molecule has 0 radical (unpaired) electrons. The lowest BCUT2D eigenvalue weighted by Crippen LogP contribution is -2.11. The van der Waals surface area contributed by atoms with Crippen molar-refractivity contribution in [3.05, 3.63) is 29.8 Å². The average Bonchev–Trinajstić information content (AvgIpc) is 2.29. The summed E-state index contributed by atoms with van der Waals surface area (Å²) in [5.74, 6) is -0.405. The zero-order chi connectivity index (χ0) is 11.8. The van der Waals surface area contributed by atoms with Gasteiger partial charge in [-0.15, -0.1) is 0 Å². The number of hydrogen-bond acceptors (Lipinski definition) is 3. The minimum absolute atomic E-state index is 0.405. The Labute approximate surface area is 95.8 Å². The first-order chi connectivity index (χ1) is 7.74. The van der Waals surface area contributed by atoms with Gasteiger partial charge in [-0.05, 0) is 31.5 Å². The third-order valence-corrected chi connectivity index (χ3v) is 2.15. The minimum Gasteiger partial charge on any atom is -0.385 e. The van der Waals surface area contributed by atoms with E-state index in [0.717, 1.165) is 31.9 Å². The molecule has 1 rings (SSSR count). The highest BCUT2D eigenvalue weighted by Gasteiger charge is 2.00. The lowest BCUT2D eigenvalue weighted by molar-refractivity contribution is 0.100. The smallest absolute Gasteiger partial charge is 0.248 e. The molecule has 0 aliphatic carbocycles. The highest BCUT2D eigenvalue weighted by atomic mass is 16.5. The second kappa shape index (κ2) is 6.85. The van der Waals surface area contributed by atoms with Crippen LogP contribution in [-0.4, -0.2) is 25.7 Å². The lowest BCUT2D eigenvalue weighted by atomic mass is 10.2. The van der Waals surface area contributed by atoms with E-state index in [2.05, 4.69) is 5.32 Å². The van der Waals surface area contributed by atoms with Crippen molar-refractivity contribution in [2.24, 2.45) is 5.73 Å². The Balaban J connectivity index is 2.36. The van der Waals surface area contributed by atoms with Crippen LogP contribution in [0.3, 0.4) is 0 Å². The summed E-state index contributed by atoms with van der Waals surface area (Å²) in [6.45, 7) is 4.29. The van der Waals surface area contributed by atoms with Gasteiger partial charge >= 0.3 is 0 Å². The van der Waals surface area contributed by atoms with Gasteiger partial charge in [-0.3, -0.25) is 4.79 Å². The standard InChI is InChI=1S/C12H18N2O2/c1-2-16-8-4-7-14-11-6-3-5-10(9-11)12(13)15/h3,5-6,9,14H,2,4,7-8H2,1H3,(H2,13,15). The summed E-state index contributed by atoms with van der Waals surface area (Å²) < 4.78 is 5.22. The molecule has 3 N–H and O–H groups in total. The van der Waals surface area contributed by atoms with Crippen molar-refractivity contribution in [2.75, 3.05) is 25.1 Å². The van der Waals surface area contributed by atoms with Gasteiger partial charge in [-0.25, -0.2) is 0 Å². The quantitative estimate of drug-likeness (QED) is 0.689. The highest BCUT2D eigenvalue weighted by Crippen LogP contribution is 2.09. The van der Waals surface area contributed by atoms with Crippen LogP contribution in [0.1, 0.15) is 23.7 Å². The molecule has 0 fully saturated rings. The average molecular weight is 222 g/mol. The van der Waals surface area contributed by atoms with Gasteiger partial charge in [0.05, 0.1) is 0 Å². The van der Waals surface area contributed by atoms with Gasteiger partial charge in [-0.2, -0.15) is 0 Å². The van der Waals surface area contributed by atoms with Gasteiger partial charge in [0.2, 0.25) is 5.91 Å². The van der Waals surface area contributed by atoms with Crippen molar-refractivity contribution in [3.8, 4) is 0 Å². The van der Waals surface area contributed by atoms with Crippen LogP contribution in [0.5, 0.6) is 0 Å². The summed E-state index contributed by atoms with van der Waals surface area (Å²) in [6.07, 6.45) is 0.939. The summed E-state index contributed by atoms with van der Waals surface area (Å²) in [7, 11) is 0. The Morgan fingerprint density at radius 1 is 1.50 bits per heavy atom. The first-order valence-electron chi connectivity index (χ1n) is 5.45. The molecule has 1 aromatic rings. The van der Waals surface area contributed by atoms with E-state index < -0.39 is 5.91 Å². The fourth-order valence-electron chi connectivity index (χ4n) is 1.33. The third kappa shape index (κ3) is 4.31. The SMILES string of the molecule is CCOCCCNc1cccc(C(N)=O)c1. The molecule has 0 aliphatic rings. The van der Waals surface area contributed by atoms with E-state index in [0.29, 0.717) is 5.56 Å². The van der Waals surface area contributed by atoms with Crippen molar-refractivity contribution in [3.63, 3.8) is 0 Å². The predicted molar refractivity (Wildman–Crippen MR) is 64.6 cm³/mol. The molecule has 4 heteroatoms. The first kappa shape index (κ1) is 12.5. The number of carbonyl (C=O) groups excluding carboxylic acids is 1. The molecule has 0 spiro atoms. The molecule has 0 bridgehead atoms. The van der Waals surface area contributed by atoms with Gasteiger partial charge in [0.25, 0.3) is 0 Å². The van der Waals surface area contributed by atoms with E-state index in [1.807, 2.05) is 19.1 Å². The molecule has 1 amide bonds. The van der Waals surface area contributed by atoms with E-state index in [1.165, 1.54) is 0 Å². The van der Waals surface area contributed by atoms with Crippen molar-refractivity contribution >= 4 is 11.6 Å². The fraction of sp³-hybridized carbons (Fsp3) is 0.417. The summed E-state index contributed by atoms with van der Waals surface area (Å²) in [6, 6.07) is 7.18. The van der Waals surface area contributed by atoms with Gasteiger partial charge < -0.3 is 15.8 Å². The van der Waals surface area contributed by atoms with Crippen LogP contribution in [0, 0.1) is 0 Å². The molecule has 0 atom stereocenters. The lowest BCUT2D eigenvalue weighted by Gasteiger charge is -2.07. The van der Waals surface area contributed by atoms with Crippen molar-refractivity contribution < 1.29 is 9.53 Å². The van der Waals surface area contributed by atoms with Crippen molar-refractivity contribution in [1.82, 2.24) is 0 Å². The molecule has 0 saturated carbocycles. The molecule has 1 aromatic carbocycles. The summed E-state index contributed by atoms with van der Waals surface area (Å²) in [5, 5.41) is 3.21. The molecule has 0 aromatic heterocycles. The zero-order valence-corrected chi connectivity index (χ0v) is 9.53. The Kier molecular flexibility index (Phi) is 5.36. The second-order valence-corrected chi connectivity index (χ2v) is 3.42. The number of anilines is 1. The van der Waals surface area contributed by atoms with Crippen LogP contribution in [0.2, 0.25) is 0 Å². The summed E-state index contributed by atoms with van der Waals surface area (Å²) in [4.78, 5) is 10.9. The van der Waals surface area contributed by atoms with E-state index in [-0.39, 0.29) is 0 Å². The van der Waals surface area contributed by atoms with E-state index in [4.69, 9.17) is 10.5 Å². The summed E-state index contributed by atoms with van der Waals surface area (Å²) >= 11 is 0. The fourth-order valence-corrected chi connectivity index (χ4v) is 1.33. The number of amides is 1. The van der Waals surface area contributed by atoms with Gasteiger partial charge in [-0.1, -0.05) is 6.07 Å². The van der Waals surface area contributed by atoms with E-state index in [9.17, 15) is 4.79 Å². The Hall–Kier alpha value is -1.55. The second-order valence-electron chi connectivity index (χ2n) is 3.42. The van der Waals surface area contributed by atoms with Gasteiger partial charge in [0.15, 0.2) is 0 Å². The number of ether oxygens (including phenoxy) is 1. The van der Waals surface area contributed by atoms with Gasteiger partial charge in [0.1, 0.15) is 0 Å². The predicted octanol–water partition coefficient (Wildman–Crippen LogP) is 1.62. The van der Waals surface area contributed by atoms with Crippen LogP contribution >= 0.6 is 0 Å². The first-order valence-corrected chi connectivity index (χ1v) is 5.45. The van der Waals surface area contributed by atoms with Crippen LogP contribution in [0.25, 0.3) is 0 Å². The largest absolute Gasteiger partial charge is 0.385 e. The number of carbonyl (C=O) groups is 1. The maximum atomic E-state index is 10.9. The maximum absolute atomic E-state index is 10.9. The molecular weight excluding hydrogens is 204 g/mol. The zero-order valence-electron chi connectivity index (χ0n) is 9.53. The van der Waals surface area contributed by atoms with Crippen LogP contribution in [0.15, 0.2) is 24.3 Å². The van der Waals surface area contributed by atoms with E-state index >= 15 is 0 Å². The Bertz CT molecular complexity index is 340. The molecule has 0 aliphatic heterocycles. The van der Waals surface area contributed by atoms with E-state index in [1.54, 1.807) is 12.1 Å². The Morgan fingerprint density at radius 3 is 3.00 bits per heavy atom. The molecular formula is C12H18N2O2. The number of nitrogens with two attached hydrogens (primary N) is 1. The number of primary amides is 1. The highest BCUT2D eigenvalue weighted by molar-refractivity contribution is 5.93. The van der Waals surface area contributed by atoms with Crippen molar-refractivity contribution in [1.29, 1.82) is 0 Å². The Morgan fingerprint density at radius 2 is 2.31 bits per heavy atom. The van der Waals surface area contributed by atoms with Crippen LogP contribution in [-0.2, 0) is 4.74 Å². The summed E-state index contributed by atoms with van der Waals surface area (Å²) in [5.41, 5.74) is 6.62. The topological polar surface area (TPSA) is 64.3 Å². The third-order valence-electron chi connectivity index (χ3n) is 2.15. The normalized spacial score (nSPS) is 10.1.